The summed E-state index contributed by atoms with van der Waals surface area (Å²) in [5, 5.41) is 5.90. The van der Waals surface area contributed by atoms with Crippen molar-refractivity contribution < 1.29 is 23.7 Å². The zero-order valence-corrected chi connectivity index (χ0v) is 17.0. The number of benzene rings is 2. The van der Waals surface area contributed by atoms with Gasteiger partial charge in [0.05, 0.1) is 52.7 Å². The van der Waals surface area contributed by atoms with Crippen LogP contribution in [0.4, 0.5) is 4.79 Å². The quantitative estimate of drug-likeness (QED) is 0.760. The van der Waals surface area contributed by atoms with Crippen molar-refractivity contribution >= 4 is 6.03 Å². The molecule has 2 aromatic carbocycles. The Morgan fingerprint density at radius 3 is 1.50 bits per heavy atom. The van der Waals surface area contributed by atoms with Crippen molar-refractivity contribution in [3.63, 3.8) is 0 Å². The lowest BCUT2D eigenvalue weighted by molar-refractivity contribution is -0.161. The first kappa shape index (κ1) is 20.8. The average molecular weight is 412 g/mol. The van der Waals surface area contributed by atoms with E-state index in [1.807, 2.05) is 60.7 Å². The largest absolute Gasteiger partial charge is 0.376 e. The SMILES string of the molecule is O=C(NCC1(c2ccccc2)COCCO1)NCC1(c2ccccc2)COCCO1. The van der Waals surface area contributed by atoms with Crippen LogP contribution in [0, 0.1) is 0 Å². The van der Waals surface area contributed by atoms with Crippen molar-refractivity contribution in [1.29, 1.82) is 0 Å². The second kappa shape index (κ2) is 9.57. The Morgan fingerprint density at radius 1 is 0.700 bits per heavy atom. The summed E-state index contributed by atoms with van der Waals surface area (Å²) in [5.74, 6) is 0. The van der Waals surface area contributed by atoms with E-state index in [0.29, 0.717) is 52.7 Å². The number of hydrogen-bond acceptors (Lipinski definition) is 5. The van der Waals surface area contributed by atoms with Gasteiger partial charge in [0.2, 0.25) is 0 Å². The molecule has 0 bridgehead atoms. The molecule has 0 radical (unpaired) electrons. The summed E-state index contributed by atoms with van der Waals surface area (Å²) >= 11 is 0. The lowest BCUT2D eigenvalue weighted by atomic mass is 9.93. The van der Waals surface area contributed by atoms with Gasteiger partial charge < -0.3 is 29.6 Å². The number of amides is 2. The summed E-state index contributed by atoms with van der Waals surface area (Å²) in [6, 6.07) is 19.4. The molecule has 7 heteroatoms. The molecular formula is C23H28N2O5. The molecule has 2 aliphatic rings. The van der Waals surface area contributed by atoms with Crippen molar-refractivity contribution in [3.8, 4) is 0 Å². The minimum absolute atomic E-state index is 0.288. The fraction of sp³-hybridized carbons (Fsp3) is 0.435. The van der Waals surface area contributed by atoms with Gasteiger partial charge in [-0.15, -0.1) is 0 Å². The van der Waals surface area contributed by atoms with Crippen LogP contribution in [0.15, 0.2) is 60.7 Å². The molecule has 2 atom stereocenters. The normalized spacial score (nSPS) is 26.7. The van der Waals surface area contributed by atoms with Crippen LogP contribution in [-0.2, 0) is 30.1 Å². The zero-order chi connectivity index (χ0) is 20.7. The Labute approximate surface area is 176 Å². The molecule has 0 saturated carbocycles. The molecule has 2 fully saturated rings. The molecule has 2 aromatic rings. The highest BCUT2D eigenvalue weighted by atomic mass is 16.6. The number of rotatable bonds is 6. The first-order valence-electron chi connectivity index (χ1n) is 10.3. The molecule has 2 aliphatic heterocycles. The van der Waals surface area contributed by atoms with Crippen LogP contribution in [-0.4, -0.2) is 58.8 Å². The lowest BCUT2D eigenvalue weighted by Gasteiger charge is -2.39. The highest BCUT2D eigenvalue weighted by Crippen LogP contribution is 2.29. The fourth-order valence-corrected chi connectivity index (χ4v) is 3.88. The van der Waals surface area contributed by atoms with E-state index in [1.54, 1.807) is 0 Å². The number of carbonyl (C=O) groups is 1. The summed E-state index contributed by atoms with van der Waals surface area (Å²) in [5.41, 5.74) is 0.571. The maximum atomic E-state index is 12.7. The van der Waals surface area contributed by atoms with Crippen molar-refractivity contribution in [3.05, 3.63) is 71.8 Å². The second-order valence-corrected chi connectivity index (χ2v) is 7.56. The van der Waals surface area contributed by atoms with Crippen LogP contribution in [0.1, 0.15) is 11.1 Å². The predicted molar refractivity (Wildman–Crippen MR) is 111 cm³/mol. The molecular weight excluding hydrogens is 384 g/mol. The van der Waals surface area contributed by atoms with Crippen LogP contribution in [0.25, 0.3) is 0 Å². The molecule has 2 amide bonds. The summed E-state index contributed by atoms with van der Waals surface area (Å²) < 4.78 is 23.5. The Morgan fingerprint density at radius 2 is 1.13 bits per heavy atom. The molecule has 2 saturated heterocycles. The number of nitrogens with one attached hydrogen (secondary N) is 2. The summed E-state index contributed by atoms with van der Waals surface area (Å²) in [4.78, 5) is 12.7. The van der Waals surface area contributed by atoms with Crippen LogP contribution in [0.5, 0.6) is 0 Å². The first-order valence-corrected chi connectivity index (χ1v) is 10.3. The topological polar surface area (TPSA) is 78.1 Å². The molecule has 0 aliphatic carbocycles. The van der Waals surface area contributed by atoms with Gasteiger partial charge in [0, 0.05) is 0 Å². The molecule has 0 spiro atoms. The maximum Gasteiger partial charge on any atom is 0.315 e. The second-order valence-electron chi connectivity index (χ2n) is 7.56. The van der Waals surface area contributed by atoms with E-state index in [0.717, 1.165) is 11.1 Å². The smallest absolute Gasteiger partial charge is 0.315 e. The fourth-order valence-electron chi connectivity index (χ4n) is 3.88. The number of urea groups is 1. The van der Waals surface area contributed by atoms with Crippen molar-refractivity contribution in [2.24, 2.45) is 0 Å². The molecule has 160 valence electrons. The summed E-state index contributed by atoms with van der Waals surface area (Å²) in [7, 11) is 0. The van der Waals surface area contributed by atoms with Gasteiger partial charge in [0.15, 0.2) is 0 Å². The summed E-state index contributed by atoms with van der Waals surface area (Å²) in [6.07, 6.45) is 0. The molecule has 0 aromatic heterocycles. The third kappa shape index (κ3) is 4.65. The van der Waals surface area contributed by atoms with E-state index >= 15 is 0 Å². The van der Waals surface area contributed by atoms with Gasteiger partial charge in [-0.25, -0.2) is 4.79 Å². The lowest BCUT2D eigenvalue weighted by Crippen LogP contribution is -2.54. The predicted octanol–water partition coefficient (Wildman–Crippen LogP) is 2.17. The Balaban J connectivity index is 1.40. The minimum atomic E-state index is -0.696. The monoisotopic (exact) mass is 412 g/mol. The van der Waals surface area contributed by atoms with Gasteiger partial charge in [-0.2, -0.15) is 0 Å². The molecule has 4 rings (SSSR count). The van der Waals surface area contributed by atoms with Gasteiger partial charge in [-0.05, 0) is 11.1 Å². The number of ether oxygens (including phenoxy) is 4. The summed E-state index contributed by atoms with van der Waals surface area (Å²) in [6.45, 7) is 3.47. The van der Waals surface area contributed by atoms with Crippen LogP contribution < -0.4 is 10.6 Å². The maximum absolute atomic E-state index is 12.7. The van der Waals surface area contributed by atoms with E-state index in [2.05, 4.69) is 10.6 Å². The third-order valence-corrected chi connectivity index (χ3v) is 5.55. The van der Waals surface area contributed by atoms with Crippen LogP contribution in [0.2, 0.25) is 0 Å². The molecule has 2 N–H and O–H groups in total. The Bertz CT molecular complexity index is 735. The van der Waals surface area contributed by atoms with Crippen molar-refractivity contribution in [2.75, 3.05) is 52.7 Å². The Kier molecular flexibility index (Phi) is 6.64. The number of carbonyl (C=O) groups excluding carboxylic acids is 1. The number of hydrogen-bond donors (Lipinski definition) is 2. The van der Waals surface area contributed by atoms with E-state index in [9.17, 15) is 4.79 Å². The van der Waals surface area contributed by atoms with E-state index < -0.39 is 11.2 Å². The van der Waals surface area contributed by atoms with Gasteiger partial charge >= 0.3 is 6.03 Å². The van der Waals surface area contributed by atoms with E-state index in [1.165, 1.54) is 0 Å². The molecule has 30 heavy (non-hydrogen) atoms. The molecule has 2 unspecified atom stereocenters. The van der Waals surface area contributed by atoms with Crippen LogP contribution in [0.3, 0.4) is 0 Å². The zero-order valence-electron chi connectivity index (χ0n) is 17.0. The Hall–Kier alpha value is -2.45. The van der Waals surface area contributed by atoms with E-state index in [4.69, 9.17) is 18.9 Å². The van der Waals surface area contributed by atoms with Gasteiger partial charge in [0.25, 0.3) is 0 Å². The highest BCUT2D eigenvalue weighted by molar-refractivity contribution is 5.74. The van der Waals surface area contributed by atoms with Crippen molar-refractivity contribution in [1.82, 2.24) is 10.6 Å². The molecule has 7 nitrogen and oxygen atoms in total. The first-order chi connectivity index (χ1) is 14.7. The average Bonchev–Trinajstić information content (AvgIpc) is 2.84. The third-order valence-electron chi connectivity index (χ3n) is 5.55. The van der Waals surface area contributed by atoms with E-state index in [-0.39, 0.29) is 6.03 Å². The minimum Gasteiger partial charge on any atom is -0.376 e. The molecule has 2 heterocycles. The standard InChI is InChI=1S/C23H28N2O5/c26-21(24-15-22(17-27-11-13-29-22)19-7-3-1-4-8-19)25-16-23(18-28-12-14-30-23)20-9-5-2-6-10-20/h1-10H,11-18H2,(H2,24,25,26). The van der Waals surface area contributed by atoms with Crippen LogP contribution >= 0.6 is 0 Å². The highest BCUT2D eigenvalue weighted by Gasteiger charge is 2.38. The van der Waals surface area contributed by atoms with Gasteiger partial charge in [-0.1, -0.05) is 60.7 Å². The van der Waals surface area contributed by atoms with Crippen molar-refractivity contribution in [2.45, 2.75) is 11.2 Å². The van der Waals surface area contributed by atoms with Gasteiger partial charge in [-0.3, -0.25) is 0 Å². The van der Waals surface area contributed by atoms with Gasteiger partial charge in [0.1, 0.15) is 11.2 Å².